The Morgan fingerprint density at radius 2 is 1.75 bits per heavy atom. The van der Waals surface area contributed by atoms with Gasteiger partial charge in [-0.05, 0) is 56.2 Å². The Morgan fingerprint density at radius 1 is 0.944 bits per heavy atom. The number of aromatic nitrogens is 3. The van der Waals surface area contributed by atoms with Crippen molar-refractivity contribution in [2.45, 2.75) is 32.6 Å². The highest BCUT2D eigenvalue weighted by atomic mass is 19.1. The second kappa shape index (κ2) is 8.44. The second-order valence-corrected chi connectivity index (χ2v) is 9.09. The van der Waals surface area contributed by atoms with E-state index in [-0.39, 0.29) is 28.4 Å². The monoisotopic (exact) mass is 487 g/mol. The normalized spacial score (nSPS) is 14.6. The molecule has 0 spiro atoms. The van der Waals surface area contributed by atoms with Crippen LogP contribution in [0.1, 0.15) is 31.4 Å². The van der Waals surface area contributed by atoms with Crippen molar-refractivity contribution in [3.63, 3.8) is 0 Å². The number of carbonyl (C=O) groups excluding carboxylic acids is 1. The lowest BCUT2D eigenvalue weighted by molar-refractivity contribution is -0.118. The summed E-state index contributed by atoms with van der Waals surface area (Å²) in [6.45, 7) is 2.34. The van der Waals surface area contributed by atoms with Crippen molar-refractivity contribution in [2.24, 2.45) is 0 Å². The Balaban J connectivity index is 1.46. The van der Waals surface area contributed by atoms with Crippen LogP contribution >= 0.6 is 0 Å². The molecule has 1 saturated heterocycles. The molecule has 1 amide bonds. The molecule has 0 atom stereocenters. The van der Waals surface area contributed by atoms with Gasteiger partial charge in [-0.25, -0.2) is 13.5 Å². The molecule has 36 heavy (non-hydrogen) atoms. The first-order valence-corrected chi connectivity index (χ1v) is 11.9. The fourth-order valence-corrected chi connectivity index (χ4v) is 4.94. The number of hydrogen-bond donors (Lipinski definition) is 1. The van der Waals surface area contributed by atoms with Crippen molar-refractivity contribution in [1.82, 2.24) is 14.9 Å². The van der Waals surface area contributed by atoms with E-state index in [1.165, 1.54) is 16.8 Å². The molecule has 3 heterocycles. The zero-order valence-electron chi connectivity index (χ0n) is 19.6. The molecular weight excluding hydrogens is 464 g/mol. The molecular formula is C27H23F2N5O2. The number of nitrogens with two attached hydrogens (primary N) is 1. The van der Waals surface area contributed by atoms with Crippen molar-refractivity contribution >= 4 is 39.3 Å². The van der Waals surface area contributed by atoms with Crippen LogP contribution in [-0.2, 0) is 4.79 Å². The Bertz CT molecular complexity index is 1660. The fraction of sp³-hybridized carbons (Fsp3) is 0.222. The summed E-state index contributed by atoms with van der Waals surface area (Å²) in [5, 5.41) is 9.51. The first-order valence-electron chi connectivity index (χ1n) is 11.9. The SMILES string of the molecule is Cc1nn(-c2ccc3onc(N)c3c2)c2c(F)c(-c3ccc(N4CCCCCC4=O)cc3F)ccc12. The summed E-state index contributed by atoms with van der Waals surface area (Å²) in [7, 11) is 0. The van der Waals surface area contributed by atoms with Crippen molar-refractivity contribution in [3.8, 4) is 16.8 Å². The third-order valence-corrected chi connectivity index (χ3v) is 6.82. The second-order valence-electron chi connectivity index (χ2n) is 9.09. The Kier molecular flexibility index (Phi) is 5.21. The molecule has 0 unspecified atom stereocenters. The number of fused-ring (bicyclic) bond motifs is 2. The van der Waals surface area contributed by atoms with Crippen molar-refractivity contribution in [3.05, 3.63) is 65.9 Å². The standard InChI is InChI=1S/C27H23F2N5O2/c1-15-18-9-10-20(19-8-6-16(14-22(19)28)33-12-4-2-3-5-24(33)35)25(29)26(18)34(31-15)17-7-11-23-21(13-17)27(30)32-36-23/h6-11,13-14H,2-5,12H2,1H3,(H2,30,32). The van der Waals surface area contributed by atoms with Gasteiger partial charge in [0.05, 0.1) is 16.8 Å². The third-order valence-electron chi connectivity index (χ3n) is 6.82. The highest BCUT2D eigenvalue weighted by Crippen LogP contribution is 2.35. The van der Waals surface area contributed by atoms with Gasteiger partial charge in [0.25, 0.3) is 0 Å². The molecule has 0 aliphatic carbocycles. The highest BCUT2D eigenvalue weighted by molar-refractivity contribution is 5.94. The number of nitrogen functional groups attached to an aromatic ring is 1. The lowest BCUT2D eigenvalue weighted by Gasteiger charge is -2.21. The number of carbonyl (C=O) groups is 1. The third kappa shape index (κ3) is 3.50. The summed E-state index contributed by atoms with van der Waals surface area (Å²) in [5.74, 6) is -0.975. The fourth-order valence-electron chi connectivity index (χ4n) is 4.94. The topological polar surface area (TPSA) is 90.2 Å². The van der Waals surface area contributed by atoms with E-state index in [0.717, 1.165) is 19.3 Å². The van der Waals surface area contributed by atoms with Crippen molar-refractivity contribution < 1.29 is 18.1 Å². The molecule has 1 aliphatic rings. The number of aryl methyl sites for hydroxylation is 1. The maximum atomic E-state index is 16.1. The minimum Gasteiger partial charge on any atom is -0.380 e. The maximum Gasteiger partial charge on any atom is 0.226 e. The predicted molar refractivity (Wildman–Crippen MR) is 134 cm³/mol. The summed E-state index contributed by atoms with van der Waals surface area (Å²) >= 11 is 0. The van der Waals surface area contributed by atoms with E-state index in [4.69, 9.17) is 10.3 Å². The lowest BCUT2D eigenvalue weighted by atomic mass is 10.0. The molecule has 2 aromatic heterocycles. The van der Waals surface area contributed by atoms with Gasteiger partial charge in [0.2, 0.25) is 5.91 Å². The summed E-state index contributed by atoms with van der Waals surface area (Å²) < 4.78 is 38.1. The summed E-state index contributed by atoms with van der Waals surface area (Å²) in [6.07, 6.45) is 3.13. The predicted octanol–water partition coefficient (Wildman–Crippen LogP) is 5.91. The van der Waals surface area contributed by atoms with Crippen LogP contribution in [0.2, 0.25) is 0 Å². The van der Waals surface area contributed by atoms with Crippen LogP contribution in [0.25, 0.3) is 38.7 Å². The zero-order valence-corrected chi connectivity index (χ0v) is 19.6. The molecule has 0 bridgehead atoms. The smallest absolute Gasteiger partial charge is 0.226 e. The molecule has 182 valence electrons. The maximum absolute atomic E-state index is 16.1. The number of nitrogens with zero attached hydrogens (tertiary/aromatic N) is 4. The van der Waals surface area contributed by atoms with E-state index in [9.17, 15) is 4.79 Å². The van der Waals surface area contributed by atoms with Crippen LogP contribution in [0.4, 0.5) is 20.3 Å². The Hall–Kier alpha value is -4.27. The molecule has 5 aromatic rings. The lowest BCUT2D eigenvalue weighted by Crippen LogP contribution is -2.30. The minimum absolute atomic E-state index is 0.0166. The molecule has 2 N–H and O–H groups in total. The number of halogens is 2. The van der Waals surface area contributed by atoms with Crippen LogP contribution in [0, 0.1) is 18.6 Å². The van der Waals surface area contributed by atoms with Gasteiger partial charge in [-0.15, -0.1) is 0 Å². The van der Waals surface area contributed by atoms with Gasteiger partial charge in [-0.1, -0.05) is 23.7 Å². The van der Waals surface area contributed by atoms with E-state index in [0.29, 0.717) is 46.4 Å². The molecule has 3 aromatic carbocycles. The van der Waals surface area contributed by atoms with Crippen molar-refractivity contribution in [2.75, 3.05) is 17.2 Å². The van der Waals surface area contributed by atoms with Gasteiger partial charge in [0.1, 0.15) is 11.3 Å². The van der Waals surface area contributed by atoms with E-state index in [2.05, 4.69) is 10.3 Å². The molecule has 1 aliphatic heterocycles. The van der Waals surface area contributed by atoms with Crippen LogP contribution in [-0.4, -0.2) is 27.4 Å². The van der Waals surface area contributed by atoms with Crippen LogP contribution < -0.4 is 10.6 Å². The molecule has 0 saturated carbocycles. The molecule has 6 rings (SSSR count). The summed E-state index contributed by atoms with van der Waals surface area (Å²) in [4.78, 5) is 14.1. The number of amides is 1. The van der Waals surface area contributed by atoms with Gasteiger partial charge in [0.15, 0.2) is 17.2 Å². The zero-order chi connectivity index (χ0) is 25.0. The van der Waals surface area contributed by atoms with Crippen LogP contribution in [0.15, 0.2) is 53.1 Å². The largest absolute Gasteiger partial charge is 0.380 e. The van der Waals surface area contributed by atoms with E-state index >= 15 is 8.78 Å². The van der Waals surface area contributed by atoms with Gasteiger partial charge < -0.3 is 15.2 Å². The quantitative estimate of drug-likeness (QED) is 0.342. The number of benzene rings is 3. The first-order chi connectivity index (χ1) is 17.4. The van der Waals surface area contributed by atoms with Gasteiger partial charge in [-0.2, -0.15) is 5.10 Å². The van der Waals surface area contributed by atoms with Crippen LogP contribution in [0.3, 0.4) is 0 Å². The van der Waals surface area contributed by atoms with E-state index in [1.807, 2.05) is 0 Å². The van der Waals surface area contributed by atoms with Gasteiger partial charge in [0, 0.05) is 35.2 Å². The highest BCUT2D eigenvalue weighted by Gasteiger charge is 2.23. The molecule has 9 heteroatoms. The minimum atomic E-state index is -0.594. The molecule has 7 nitrogen and oxygen atoms in total. The van der Waals surface area contributed by atoms with E-state index in [1.54, 1.807) is 48.2 Å². The number of anilines is 2. The molecule has 0 radical (unpaired) electrons. The van der Waals surface area contributed by atoms with Gasteiger partial charge in [-0.3, -0.25) is 4.79 Å². The summed E-state index contributed by atoms with van der Waals surface area (Å²) in [5.41, 5.74) is 8.55. The van der Waals surface area contributed by atoms with E-state index < -0.39 is 11.6 Å². The average Bonchev–Trinajstić information content (AvgIpc) is 3.32. The summed E-state index contributed by atoms with van der Waals surface area (Å²) in [6, 6.07) is 13.0. The molecule has 1 fully saturated rings. The Morgan fingerprint density at radius 3 is 2.58 bits per heavy atom. The average molecular weight is 488 g/mol. The van der Waals surface area contributed by atoms with Crippen molar-refractivity contribution in [1.29, 1.82) is 0 Å². The number of hydrogen-bond acceptors (Lipinski definition) is 5. The van der Waals surface area contributed by atoms with Gasteiger partial charge >= 0.3 is 0 Å². The Labute approximate surface area is 205 Å². The van der Waals surface area contributed by atoms with Crippen LogP contribution in [0.5, 0.6) is 0 Å². The number of rotatable bonds is 3. The first kappa shape index (κ1) is 22.2.